The Labute approximate surface area is 109 Å². The fourth-order valence-electron chi connectivity index (χ4n) is 1.64. The number of H-pyrrole nitrogens is 1. The number of unbranched alkanes of at least 4 members (excludes halogenated alkanes) is 1. The number of aryl methyl sites for hydroxylation is 1. The Bertz CT molecular complexity index is 467. The van der Waals surface area contributed by atoms with Crippen LogP contribution in [0.25, 0.3) is 0 Å². The van der Waals surface area contributed by atoms with Crippen molar-refractivity contribution in [3.05, 3.63) is 11.4 Å². The first kappa shape index (κ1) is 15.1. The van der Waals surface area contributed by atoms with Crippen LogP contribution in [0.3, 0.4) is 0 Å². The van der Waals surface area contributed by atoms with Gasteiger partial charge in [-0.05, 0) is 19.9 Å². The molecule has 0 spiro atoms. The maximum atomic E-state index is 12.2. The zero-order valence-electron chi connectivity index (χ0n) is 11.2. The first-order valence-corrected chi connectivity index (χ1v) is 7.75. The molecule has 0 amide bonds. The van der Waals surface area contributed by atoms with Gasteiger partial charge in [-0.2, -0.15) is 5.10 Å². The van der Waals surface area contributed by atoms with Crippen LogP contribution in [-0.4, -0.2) is 31.7 Å². The van der Waals surface area contributed by atoms with Crippen molar-refractivity contribution in [1.29, 1.82) is 0 Å². The predicted molar refractivity (Wildman–Crippen MR) is 70.8 cm³/mol. The highest BCUT2D eigenvalue weighted by Gasteiger charge is 2.23. The molecule has 0 aromatic carbocycles. The maximum absolute atomic E-state index is 12.2. The lowest BCUT2D eigenvalue weighted by Gasteiger charge is -2.07. The van der Waals surface area contributed by atoms with Crippen LogP contribution in [0, 0.1) is 6.92 Å². The summed E-state index contributed by atoms with van der Waals surface area (Å²) < 4.78 is 27.0. The third-order valence-corrected chi connectivity index (χ3v) is 4.26. The number of aromatic nitrogens is 2. The molecule has 0 bridgehead atoms. The average Bonchev–Trinajstić information content (AvgIpc) is 2.68. The summed E-state index contributed by atoms with van der Waals surface area (Å²) >= 11 is 0. The molecule has 104 valence electrons. The quantitative estimate of drug-likeness (QED) is 0.615. The van der Waals surface area contributed by atoms with E-state index < -0.39 is 10.0 Å². The van der Waals surface area contributed by atoms with Crippen molar-refractivity contribution >= 4 is 10.0 Å². The predicted octanol–water partition coefficient (Wildman–Crippen LogP) is 0.906. The van der Waals surface area contributed by atoms with E-state index in [9.17, 15) is 8.42 Å². The monoisotopic (exact) mass is 274 g/mol. The Kier molecular flexibility index (Phi) is 5.77. The van der Waals surface area contributed by atoms with Crippen molar-refractivity contribution in [1.82, 2.24) is 20.2 Å². The molecule has 1 aromatic heterocycles. The molecule has 0 fully saturated rings. The molecule has 0 radical (unpaired) electrons. The van der Waals surface area contributed by atoms with Crippen LogP contribution in [0.15, 0.2) is 4.90 Å². The van der Waals surface area contributed by atoms with Crippen molar-refractivity contribution < 1.29 is 8.42 Å². The average molecular weight is 274 g/mol. The smallest absolute Gasteiger partial charge is 0.244 e. The van der Waals surface area contributed by atoms with Crippen molar-refractivity contribution in [3.63, 3.8) is 0 Å². The van der Waals surface area contributed by atoms with E-state index in [1.807, 2.05) is 13.8 Å². The first-order chi connectivity index (χ1) is 8.53. The Morgan fingerprint density at radius 2 is 2.06 bits per heavy atom. The number of rotatable bonds is 8. The van der Waals surface area contributed by atoms with Crippen LogP contribution < -0.4 is 10.0 Å². The third kappa shape index (κ3) is 3.79. The maximum Gasteiger partial charge on any atom is 0.244 e. The molecule has 0 aliphatic rings. The minimum Gasteiger partial charge on any atom is -0.311 e. The van der Waals surface area contributed by atoms with E-state index in [0.717, 1.165) is 19.4 Å². The fraction of sp³-hybridized carbons (Fsp3) is 0.727. The van der Waals surface area contributed by atoms with Gasteiger partial charge in [0.25, 0.3) is 0 Å². The molecule has 6 nitrogen and oxygen atoms in total. The summed E-state index contributed by atoms with van der Waals surface area (Å²) in [6.07, 6.45) is 1.79. The van der Waals surface area contributed by atoms with Crippen molar-refractivity contribution in [2.75, 3.05) is 13.1 Å². The van der Waals surface area contributed by atoms with E-state index in [4.69, 9.17) is 0 Å². The number of aromatic amines is 1. The summed E-state index contributed by atoms with van der Waals surface area (Å²) in [6.45, 7) is 7.39. The molecule has 0 saturated carbocycles. The number of hydrogen-bond donors (Lipinski definition) is 3. The Hall–Kier alpha value is -0.920. The Morgan fingerprint density at radius 3 is 2.67 bits per heavy atom. The molecule has 1 heterocycles. The van der Waals surface area contributed by atoms with Gasteiger partial charge >= 0.3 is 0 Å². The van der Waals surface area contributed by atoms with E-state index in [2.05, 4.69) is 20.2 Å². The van der Waals surface area contributed by atoms with Gasteiger partial charge in [0, 0.05) is 13.1 Å². The molecule has 0 aliphatic carbocycles. The van der Waals surface area contributed by atoms with E-state index in [1.165, 1.54) is 0 Å². The number of nitrogens with zero attached hydrogens (tertiary/aromatic N) is 1. The van der Waals surface area contributed by atoms with E-state index in [1.54, 1.807) is 6.92 Å². The molecule has 18 heavy (non-hydrogen) atoms. The number of hydrogen-bond acceptors (Lipinski definition) is 4. The van der Waals surface area contributed by atoms with Crippen LogP contribution >= 0.6 is 0 Å². The molecular weight excluding hydrogens is 252 g/mol. The molecule has 1 rings (SSSR count). The van der Waals surface area contributed by atoms with Crippen LogP contribution in [0.1, 0.15) is 38.1 Å². The number of sulfonamides is 1. The van der Waals surface area contributed by atoms with Gasteiger partial charge in [0.05, 0.1) is 11.4 Å². The fourth-order valence-corrected chi connectivity index (χ4v) is 3.08. The van der Waals surface area contributed by atoms with E-state index in [0.29, 0.717) is 24.5 Å². The Morgan fingerprint density at radius 1 is 1.33 bits per heavy atom. The molecular formula is C11H22N4O2S. The van der Waals surface area contributed by atoms with Gasteiger partial charge in [0.2, 0.25) is 10.0 Å². The van der Waals surface area contributed by atoms with E-state index >= 15 is 0 Å². The standard InChI is InChI=1S/C11H22N4O2S/c1-4-6-7-13-18(16,17)11-9(3)14-15-10(11)8-12-5-2/h12-13H,4-8H2,1-3H3,(H,14,15). The second-order valence-corrected chi connectivity index (χ2v) is 5.86. The van der Waals surface area contributed by atoms with Gasteiger partial charge in [-0.1, -0.05) is 20.3 Å². The van der Waals surface area contributed by atoms with Gasteiger partial charge in [0.15, 0.2) is 0 Å². The molecule has 7 heteroatoms. The number of nitrogens with one attached hydrogen (secondary N) is 3. The van der Waals surface area contributed by atoms with Gasteiger partial charge < -0.3 is 5.32 Å². The minimum absolute atomic E-state index is 0.277. The second kappa shape index (κ2) is 6.86. The highest BCUT2D eigenvalue weighted by molar-refractivity contribution is 7.89. The van der Waals surface area contributed by atoms with Gasteiger partial charge in [-0.3, -0.25) is 5.10 Å². The Balaban J connectivity index is 2.89. The minimum atomic E-state index is -3.46. The SMILES string of the molecule is CCCCNS(=O)(=O)c1c(CNCC)n[nH]c1C. The van der Waals surface area contributed by atoms with Crippen LogP contribution in [-0.2, 0) is 16.6 Å². The zero-order valence-corrected chi connectivity index (χ0v) is 12.0. The molecule has 0 aliphatic heterocycles. The van der Waals surface area contributed by atoms with E-state index in [-0.39, 0.29) is 4.90 Å². The van der Waals surface area contributed by atoms with Crippen molar-refractivity contribution in [3.8, 4) is 0 Å². The van der Waals surface area contributed by atoms with Crippen LogP contribution in [0.5, 0.6) is 0 Å². The van der Waals surface area contributed by atoms with Gasteiger partial charge in [0.1, 0.15) is 4.90 Å². The first-order valence-electron chi connectivity index (χ1n) is 6.27. The van der Waals surface area contributed by atoms with Gasteiger partial charge in [-0.25, -0.2) is 13.1 Å². The van der Waals surface area contributed by atoms with Crippen LogP contribution in [0.2, 0.25) is 0 Å². The molecule has 1 aromatic rings. The molecule has 0 saturated heterocycles. The summed E-state index contributed by atoms with van der Waals surface area (Å²) in [6, 6.07) is 0. The lowest BCUT2D eigenvalue weighted by molar-refractivity contribution is 0.575. The highest BCUT2D eigenvalue weighted by Crippen LogP contribution is 2.17. The summed E-state index contributed by atoms with van der Waals surface area (Å²) in [5.74, 6) is 0. The molecule has 0 atom stereocenters. The molecule has 3 N–H and O–H groups in total. The van der Waals surface area contributed by atoms with Crippen molar-refractivity contribution in [2.24, 2.45) is 0 Å². The highest BCUT2D eigenvalue weighted by atomic mass is 32.2. The van der Waals surface area contributed by atoms with Crippen LogP contribution in [0.4, 0.5) is 0 Å². The summed E-state index contributed by atoms with van der Waals surface area (Å²) in [5, 5.41) is 9.86. The summed E-state index contributed by atoms with van der Waals surface area (Å²) in [4.78, 5) is 0.277. The summed E-state index contributed by atoms with van der Waals surface area (Å²) in [5.41, 5.74) is 1.12. The largest absolute Gasteiger partial charge is 0.311 e. The lowest BCUT2D eigenvalue weighted by atomic mass is 10.3. The second-order valence-electron chi connectivity index (χ2n) is 4.16. The molecule has 0 unspecified atom stereocenters. The van der Waals surface area contributed by atoms with Gasteiger partial charge in [-0.15, -0.1) is 0 Å². The summed E-state index contributed by atoms with van der Waals surface area (Å²) in [7, 11) is -3.46. The van der Waals surface area contributed by atoms with Crippen molar-refractivity contribution in [2.45, 2.75) is 45.1 Å². The zero-order chi connectivity index (χ0) is 13.6. The topological polar surface area (TPSA) is 86.9 Å². The normalized spacial score (nSPS) is 11.9. The third-order valence-electron chi connectivity index (χ3n) is 2.59. The lowest BCUT2D eigenvalue weighted by Crippen LogP contribution is -2.27.